The van der Waals surface area contributed by atoms with Gasteiger partial charge in [-0.2, -0.15) is 0 Å². The first-order chi connectivity index (χ1) is 9.25. The molecule has 0 amide bonds. The fourth-order valence-corrected chi connectivity index (χ4v) is 2.61. The van der Waals surface area contributed by atoms with Gasteiger partial charge in [0.1, 0.15) is 17.1 Å². The van der Waals surface area contributed by atoms with E-state index in [0.717, 1.165) is 10.7 Å². The molecule has 3 heterocycles. The number of hydrogen-bond donors (Lipinski definition) is 1. The van der Waals surface area contributed by atoms with Crippen LogP contribution in [0.15, 0.2) is 46.7 Å². The fourth-order valence-electron chi connectivity index (χ4n) is 1.88. The Morgan fingerprint density at radius 3 is 3.11 bits per heavy atom. The third-order valence-electron chi connectivity index (χ3n) is 2.75. The monoisotopic (exact) mass is 274 g/mol. The number of carboxylic acids is 1. The maximum atomic E-state index is 11.0. The standard InChI is InChI=1S/C13H10N2O3S/c16-13(17)9-3-6-18-10(9)8-15-5-4-14-12(15)11-2-1-7-19-11/h1-7H,8H2,(H,16,17). The highest BCUT2D eigenvalue weighted by Gasteiger charge is 2.15. The van der Waals surface area contributed by atoms with Gasteiger partial charge in [-0.15, -0.1) is 11.3 Å². The molecule has 0 saturated carbocycles. The van der Waals surface area contributed by atoms with Gasteiger partial charge >= 0.3 is 5.97 Å². The Labute approximate surface area is 112 Å². The normalized spacial score (nSPS) is 10.7. The molecule has 0 aliphatic rings. The highest BCUT2D eigenvalue weighted by atomic mass is 32.1. The van der Waals surface area contributed by atoms with E-state index in [-0.39, 0.29) is 5.56 Å². The van der Waals surface area contributed by atoms with E-state index in [2.05, 4.69) is 4.98 Å². The molecule has 3 aromatic rings. The third kappa shape index (κ3) is 2.17. The summed E-state index contributed by atoms with van der Waals surface area (Å²) in [6.07, 6.45) is 4.89. The summed E-state index contributed by atoms with van der Waals surface area (Å²) in [7, 11) is 0. The molecule has 0 aromatic carbocycles. The molecule has 0 radical (unpaired) electrons. The van der Waals surface area contributed by atoms with Crippen molar-refractivity contribution in [2.45, 2.75) is 6.54 Å². The van der Waals surface area contributed by atoms with Gasteiger partial charge in [0.2, 0.25) is 0 Å². The Bertz CT molecular complexity index is 697. The summed E-state index contributed by atoms with van der Waals surface area (Å²) < 4.78 is 7.12. The van der Waals surface area contributed by atoms with E-state index in [0.29, 0.717) is 12.3 Å². The van der Waals surface area contributed by atoms with Crippen LogP contribution < -0.4 is 0 Å². The zero-order valence-electron chi connectivity index (χ0n) is 9.81. The van der Waals surface area contributed by atoms with Crippen molar-refractivity contribution >= 4 is 17.3 Å². The van der Waals surface area contributed by atoms with Crippen molar-refractivity contribution < 1.29 is 14.3 Å². The van der Waals surface area contributed by atoms with E-state index in [9.17, 15) is 4.79 Å². The summed E-state index contributed by atoms with van der Waals surface area (Å²) >= 11 is 1.59. The molecule has 3 aromatic heterocycles. The number of furan rings is 1. The highest BCUT2D eigenvalue weighted by Crippen LogP contribution is 2.24. The van der Waals surface area contributed by atoms with Gasteiger partial charge < -0.3 is 14.1 Å². The van der Waals surface area contributed by atoms with Crippen molar-refractivity contribution in [3.63, 3.8) is 0 Å². The summed E-state index contributed by atoms with van der Waals surface area (Å²) in [5.41, 5.74) is 0.186. The van der Waals surface area contributed by atoms with Crippen LogP contribution >= 0.6 is 11.3 Å². The molecule has 0 unspecified atom stereocenters. The number of thiophene rings is 1. The SMILES string of the molecule is O=C(O)c1ccoc1Cn1ccnc1-c1cccs1. The van der Waals surface area contributed by atoms with Gasteiger partial charge in [0, 0.05) is 12.4 Å². The average molecular weight is 274 g/mol. The lowest BCUT2D eigenvalue weighted by molar-refractivity contribution is 0.0694. The molecule has 0 aliphatic heterocycles. The van der Waals surface area contributed by atoms with Crippen LogP contribution in [0, 0.1) is 0 Å². The van der Waals surface area contributed by atoms with Crippen molar-refractivity contribution in [3.05, 3.63) is 53.6 Å². The Balaban J connectivity index is 1.94. The summed E-state index contributed by atoms with van der Waals surface area (Å²) in [4.78, 5) is 16.4. The van der Waals surface area contributed by atoms with Gasteiger partial charge in [0.05, 0.1) is 17.7 Å². The predicted molar refractivity (Wildman–Crippen MR) is 70.3 cm³/mol. The van der Waals surface area contributed by atoms with Crippen molar-refractivity contribution in [2.24, 2.45) is 0 Å². The summed E-state index contributed by atoms with van der Waals surface area (Å²) in [6.45, 7) is 0.349. The van der Waals surface area contributed by atoms with Crippen LogP contribution in [-0.2, 0) is 6.54 Å². The molecule has 0 atom stereocenters. The van der Waals surface area contributed by atoms with Gasteiger partial charge in [-0.05, 0) is 17.5 Å². The number of aromatic nitrogens is 2. The van der Waals surface area contributed by atoms with Crippen molar-refractivity contribution in [1.29, 1.82) is 0 Å². The molecule has 0 bridgehead atoms. The van der Waals surface area contributed by atoms with Crippen LogP contribution in [0.2, 0.25) is 0 Å². The second-order valence-electron chi connectivity index (χ2n) is 3.92. The van der Waals surface area contributed by atoms with Crippen molar-refractivity contribution in [1.82, 2.24) is 9.55 Å². The quantitative estimate of drug-likeness (QED) is 0.794. The summed E-state index contributed by atoms with van der Waals surface area (Å²) in [5.74, 6) is 0.243. The first kappa shape index (κ1) is 11.7. The summed E-state index contributed by atoms with van der Waals surface area (Å²) in [5, 5.41) is 11.0. The van der Waals surface area contributed by atoms with Crippen LogP contribution in [0.5, 0.6) is 0 Å². The number of carboxylic acid groups (broad SMARTS) is 1. The molecular weight excluding hydrogens is 264 g/mol. The Morgan fingerprint density at radius 2 is 2.37 bits per heavy atom. The maximum Gasteiger partial charge on any atom is 0.339 e. The van der Waals surface area contributed by atoms with Gasteiger partial charge in [0.15, 0.2) is 0 Å². The van der Waals surface area contributed by atoms with Crippen molar-refractivity contribution in [3.8, 4) is 10.7 Å². The zero-order valence-corrected chi connectivity index (χ0v) is 10.6. The van der Waals surface area contributed by atoms with Crippen LogP contribution in [0.3, 0.4) is 0 Å². The van der Waals surface area contributed by atoms with E-state index in [1.54, 1.807) is 17.5 Å². The number of rotatable bonds is 4. The lowest BCUT2D eigenvalue weighted by atomic mass is 10.2. The largest absolute Gasteiger partial charge is 0.478 e. The first-order valence-corrected chi connectivity index (χ1v) is 6.48. The lowest BCUT2D eigenvalue weighted by Crippen LogP contribution is -2.05. The second-order valence-corrected chi connectivity index (χ2v) is 4.87. The van der Waals surface area contributed by atoms with E-state index in [1.807, 2.05) is 28.3 Å². The van der Waals surface area contributed by atoms with E-state index in [1.165, 1.54) is 12.3 Å². The molecule has 0 saturated heterocycles. The average Bonchev–Trinajstić information content (AvgIpc) is 3.09. The third-order valence-corrected chi connectivity index (χ3v) is 3.61. The number of aromatic carboxylic acids is 1. The van der Waals surface area contributed by atoms with Crippen LogP contribution in [0.25, 0.3) is 10.7 Å². The van der Waals surface area contributed by atoms with Crippen LogP contribution in [-0.4, -0.2) is 20.6 Å². The molecule has 0 aliphatic carbocycles. The van der Waals surface area contributed by atoms with E-state index < -0.39 is 5.97 Å². The molecule has 19 heavy (non-hydrogen) atoms. The molecule has 1 N–H and O–H groups in total. The minimum atomic E-state index is -0.985. The van der Waals surface area contributed by atoms with Gasteiger partial charge in [-0.3, -0.25) is 0 Å². The smallest absolute Gasteiger partial charge is 0.339 e. The zero-order chi connectivity index (χ0) is 13.2. The Hall–Kier alpha value is -2.34. The topological polar surface area (TPSA) is 68.3 Å². The summed E-state index contributed by atoms with van der Waals surface area (Å²) in [6, 6.07) is 5.39. The molecule has 6 heteroatoms. The lowest BCUT2D eigenvalue weighted by Gasteiger charge is -2.05. The molecule has 96 valence electrons. The van der Waals surface area contributed by atoms with Gasteiger partial charge in [-0.25, -0.2) is 9.78 Å². The predicted octanol–water partition coefficient (Wildman–Crippen LogP) is 2.95. The van der Waals surface area contributed by atoms with Gasteiger partial charge in [-0.1, -0.05) is 6.07 Å². The fraction of sp³-hybridized carbons (Fsp3) is 0.0769. The van der Waals surface area contributed by atoms with E-state index >= 15 is 0 Å². The Kier molecular flexibility index (Phi) is 2.92. The second kappa shape index (κ2) is 4.74. The number of hydrogen-bond acceptors (Lipinski definition) is 4. The highest BCUT2D eigenvalue weighted by molar-refractivity contribution is 7.13. The minimum absolute atomic E-state index is 0.186. The Morgan fingerprint density at radius 1 is 1.47 bits per heavy atom. The number of nitrogens with zero attached hydrogens (tertiary/aromatic N) is 2. The first-order valence-electron chi connectivity index (χ1n) is 5.60. The minimum Gasteiger partial charge on any atom is -0.478 e. The van der Waals surface area contributed by atoms with Crippen molar-refractivity contribution in [2.75, 3.05) is 0 Å². The van der Waals surface area contributed by atoms with Crippen LogP contribution in [0.4, 0.5) is 0 Å². The molecule has 5 nitrogen and oxygen atoms in total. The molecular formula is C13H10N2O3S. The molecule has 0 fully saturated rings. The maximum absolute atomic E-state index is 11.0. The van der Waals surface area contributed by atoms with Gasteiger partial charge in [0.25, 0.3) is 0 Å². The molecule has 0 spiro atoms. The molecule has 3 rings (SSSR count). The van der Waals surface area contributed by atoms with Crippen LogP contribution in [0.1, 0.15) is 16.1 Å². The number of carbonyl (C=O) groups is 1. The van der Waals surface area contributed by atoms with E-state index in [4.69, 9.17) is 9.52 Å². The number of imidazole rings is 1.